The van der Waals surface area contributed by atoms with Crippen molar-refractivity contribution >= 4 is 23.7 Å². The maximum Gasteiger partial charge on any atom is 0.290 e. The van der Waals surface area contributed by atoms with Crippen molar-refractivity contribution in [2.24, 2.45) is 5.92 Å². The number of rotatable bonds is 5. The van der Waals surface area contributed by atoms with Crippen LogP contribution in [0, 0.1) is 12.8 Å². The van der Waals surface area contributed by atoms with Crippen molar-refractivity contribution in [3.05, 3.63) is 52.0 Å². The Balaban J connectivity index is 0.000000913. The lowest BCUT2D eigenvalue weighted by atomic mass is 9.70. The Morgan fingerprint density at radius 1 is 1.19 bits per heavy atom. The van der Waals surface area contributed by atoms with E-state index in [1.165, 1.54) is 5.56 Å². The van der Waals surface area contributed by atoms with E-state index in [2.05, 4.69) is 52.4 Å². The molecule has 1 amide bonds. The van der Waals surface area contributed by atoms with Crippen molar-refractivity contribution in [3.8, 4) is 0 Å². The Hall–Kier alpha value is -2.29. The van der Waals surface area contributed by atoms with Gasteiger partial charge in [-0.25, -0.2) is 4.98 Å². The van der Waals surface area contributed by atoms with Crippen LogP contribution in [-0.4, -0.2) is 76.7 Å². The summed E-state index contributed by atoms with van der Waals surface area (Å²) in [7, 11) is 0. The number of carbonyl (C=O) groups excluding carboxylic acids is 1. The van der Waals surface area contributed by atoms with Gasteiger partial charge in [-0.05, 0) is 51.3 Å². The van der Waals surface area contributed by atoms with Crippen molar-refractivity contribution in [2.75, 3.05) is 39.3 Å². The largest absolute Gasteiger partial charge is 0.483 e. The molecule has 8 heteroatoms. The number of nitrogens with zero attached hydrogens (tertiary/aromatic N) is 3. The third-order valence-corrected chi connectivity index (χ3v) is 7.49. The van der Waals surface area contributed by atoms with Gasteiger partial charge in [0.1, 0.15) is 0 Å². The van der Waals surface area contributed by atoms with Gasteiger partial charge in [-0.1, -0.05) is 30.3 Å². The monoisotopic (exact) mass is 459 g/mol. The molecule has 0 spiro atoms. The fourth-order valence-electron chi connectivity index (χ4n) is 4.95. The number of β-amino-alcohol motifs (C(OH)–C–C–N with tert-alkyl or cyclic N) is 1. The van der Waals surface area contributed by atoms with E-state index in [-0.39, 0.29) is 24.4 Å². The summed E-state index contributed by atoms with van der Waals surface area (Å²) in [5, 5.41) is 19.3. The summed E-state index contributed by atoms with van der Waals surface area (Å²) in [6, 6.07) is 10.7. The van der Waals surface area contributed by atoms with E-state index in [0.717, 1.165) is 69.1 Å². The fraction of sp³-hybridized carbons (Fsp3) is 0.542. The van der Waals surface area contributed by atoms with Gasteiger partial charge in [-0.2, -0.15) is 0 Å². The van der Waals surface area contributed by atoms with Crippen molar-refractivity contribution in [3.63, 3.8) is 0 Å². The first kappa shape index (κ1) is 24.4. The summed E-state index contributed by atoms with van der Waals surface area (Å²) in [4.78, 5) is 30.7. The van der Waals surface area contributed by atoms with Crippen LogP contribution in [-0.2, 0) is 15.0 Å². The topological polar surface area (TPSA) is 94.0 Å². The number of carboxylic acid groups (broad SMARTS) is 1. The van der Waals surface area contributed by atoms with Gasteiger partial charge in [0.05, 0.1) is 17.3 Å². The molecule has 0 saturated carbocycles. The molecule has 4 rings (SSSR count). The maximum absolute atomic E-state index is 13.2. The van der Waals surface area contributed by atoms with Gasteiger partial charge in [-0.15, -0.1) is 11.3 Å². The third kappa shape index (κ3) is 5.54. The molecule has 2 aromatic rings. The molecule has 2 saturated heterocycles. The van der Waals surface area contributed by atoms with E-state index in [0.29, 0.717) is 5.91 Å². The molecule has 2 aliphatic rings. The van der Waals surface area contributed by atoms with E-state index in [9.17, 15) is 4.79 Å². The third-order valence-electron chi connectivity index (χ3n) is 6.72. The zero-order chi connectivity index (χ0) is 23.0. The van der Waals surface area contributed by atoms with Crippen LogP contribution in [0.4, 0.5) is 0 Å². The summed E-state index contributed by atoms with van der Waals surface area (Å²) >= 11 is 1.71. The minimum Gasteiger partial charge on any atom is -0.483 e. The second kappa shape index (κ2) is 11.5. The van der Waals surface area contributed by atoms with Crippen LogP contribution in [0.2, 0.25) is 0 Å². The molecular weight excluding hydrogens is 426 g/mol. The summed E-state index contributed by atoms with van der Waals surface area (Å²) in [6.07, 6.45) is 3.67. The van der Waals surface area contributed by atoms with Gasteiger partial charge < -0.3 is 20.0 Å². The second-order valence-electron chi connectivity index (χ2n) is 8.47. The average Bonchev–Trinajstić information content (AvgIpc) is 3.27. The zero-order valence-corrected chi connectivity index (χ0v) is 19.5. The van der Waals surface area contributed by atoms with E-state index < -0.39 is 0 Å². The smallest absolute Gasteiger partial charge is 0.290 e. The minimum absolute atomic E-state index is 0.0900. The second-order valence-corrected chi connectivity index (χ2v) is 9.53. The molecule has 0 bridgehead atoms. The predicted molar refractivity (Wildman–Crippen MR) is 125 cm³/mol. The summed E-state index contributed by atoms with van der Waals surface area (Å²) in [5.41, 5.74) is 2.39. The first-order valence-corrected chi connectivity index (χ1v) is 12.1. The summed E-state index contributed by atoms with van der Waals surface area (Å²) < 4.78 is 0. The molecule has 1 aromatic heterocycles. The SMILES string of the molecule is Cc1nc(C2(c3ccccc3)CCN(C(=O)C3CCN(CCO)CC3)CC2)cs1.O=CO. The predicted octanol–water partition coefficient (Wildman–Crippen LogP) is 2.77. The highest BCUT2D eigenvalue weighted by atomic mass is 32.1. The number of hydrogen-bond acceptors (Lipinski definition) is 6. The van der Waals surface area contributed by atoms with Gasteiger partial charge in [0.25, 0.3) is 6.47 Å². The van der Waals surface area contributed by atoms with Crippen LogP contribution in [0.1, 0.15) is 41.9 Å². The molecule has 0 atom stereocenters. The van der Waals surface area contributed by atoms with Crippen LogP contribution >= 0.6 is 11.3 Å². The number of aromatic nitrogens is 1. The lowest BCUT2D eigenvalue weighted by molar-refractivity contribution is -0.138. The Morgan fingerprint density at radius 2 is 1.81 bits per heavy atom. The van der Waals surface area contributed by atoms with E-state index in [4.69, 9.17) is 20.0 Å². The molecule has 3 heterocycles. The van der Waals surface area contributed by atoms with Crippen molar-refractivity contribution in [2.45, 2.75) is 38.0 Å². The Kier molecular flexibility index (Phi) is 8.78. The van der Waals surface area contributed by atoms with Crippen molar-refractivity contribution < 1.29 is 19.8 Å². The number of piperidine rings is 2. The number of likely N-dealkylation sites (tertiary alicyclic amines) is 2. The van der Waals surface area contributed by atoms with Crippen LogP contribution in [0.5, 0.6) is 0 Å². The molecule has 2 aliphatic heterocycles. The van der Waals surface area contributed by atoms with Crippen LogP contribution in [0.3, 0.4) is 0 Å². The van der Waals surface area contributed by atoms with E-state index >= 15 is 0 Å². The van der Waals surface area contributed by atoms with Crippen LogP contribution in [0.15, 0.2) is 35.7 Å². The number of benzene rings is 1. The first-order valence-electron chi connectivity index (χ1n) is 11.2. The van der Waals surface area contributed by atoms with Gasteiger partial charge in [0.2, 0.25) is 5.91 Å². The molecule has 7 nitrogen and oxygen atoms in total. The normalized spacial score (nSPS) is 19.1. The van der Waals surface area contributed by atoms with Crippen molar-refractivity contribution in [1.29, 1.82) is 0 Å². The molecule has 0 radical (unpaired) electrons. The molecule has 0 unspecified atom stereocenters. The fourth-order valence-corrected chi connectivity index (χ4v) is 5.66. The Labute approximate surface area is 193 Å². The van der Waals surface area contributed by atoms with Gasteiger partial charge in [0.15, 0.2) is 0 Å². The minimum atomic E-state index is -0.250. The number of thiazole rings is 1. The van der Waals surface area contributed by atoms with E-state index in [1.54, 1.807) is 11.3 Å². The van der Waals surface area contributed by atoms with Crippen LogP contribution < -0.4 is 0 Å². The van der Waals surface area contributed by atoms with Gasteiger partial charge >= 0.3 is 0 Å². The van der Waals surface area contributed by atoms with Crippen LogP contribution in [0.25, 0.3) is 0 Å². The molecule has 0 aliphatic carbocycles. The maximum atomic E-state index is 13.2. The molecule has 1 aromatic carbocycles. The molecule has 2 fully saturated rings. The first-order chi connectivity index (χ1) is 15.5. The van der Waals surface area contributed by atoms with Crippen molar-refractivity contribution in [1.82, 2.24) is 14.8 Å². The number of aliphatic hydroxyl groups excluding tert-OH is 1. The number of carbonyl (C=O) groups is 2. The number of hydrogen-bond donors (Lipinski definition) is 2. The zero-order valence-electron chi connectivity index (χ0n) is 18.7. The number of amides is 1. The quantitative estimate of drug-likeness (QED) is 0.668. The number of aliphatic hydroxyl groups is 1. The average molecular weight is 460 g/mol. The Morgan fingerprint density at radius 3 is 2.34 bits per heavy atom. The highest BCUT2D eigenvalue weighted by Crippen LogP contribution is 2.42. The lowest BCUT2D eigenvalue weighted by Crippen LogP contribution is -2.49. The molecule has 2 N–H and O–H groups in total. The van der Waals surface area contributed by atoms with Gasteiger partial charge in [0, 0.05) is 36.3 Å². The Bertz CT molecular complexity index is 857. The highest BCUT2D eigenvalue weighted by Gasteiger charge is 2.41. The molecular formula is C24H33N3O4S. The van der Waals surface area contributed by atoms with E-state index in [1.807, 2.05) is 0 Å². The molecule has 174 valence electrons. The standard InChI is InChI=1S/C23H31N3O2S.CH2O2/c1-18-24-21(17-29-18)23(20-5-3-2-4-6-20)9-13-26(14-10-23)22(28)19-7-11-25(12-8-19)15-16-27;2-1-3/h2-6,17,19,27H,7-16H2,1H3;1H,(H,2,3). The summed E-state index contributed by atoms with van der Waals surface area (Å²) in [6.45, 7) is 6.14. The van der Waals surface area contributed by atoms with Gasteiger partial charge in [-0.3, -0.25) is 9.59 Å². The highest BCUT2D eigenvalue weighted by molar-refractivity contribution is 7.09. The molecule has 32 heavy (non-hydrogen) atoms. The summed E-state index contributed by atoms with van der Waals surface area (Å²) in [5.74, 6) is 0.459. The lowest BCUT2D eigenvalue weighted by Gasteiger charge is -2.43. The number of aryl methyl sites for hydroxylation is 1.